The molecule has 0 fully saturated rings. The lowest BCUT2D eigenvalue weighted by Gasteiger charge is -2.24. The van der Waals surface area contributed by atoms with Gasteiger partial charge in [0.25, 0.3) is 0 Å². The molecule has 0 aliphatic rings. The van der Waals surface area contributed by atoms with E-state index in [1.165, 1.54) is 0 Å². The van der Waals surface area contributed by atoms with Crippen LogP contribution < -0.4 is 14.8 Å². The first-order valence-corrected chi connectivity index (χ1v) is 8.74. The Balaban J connectivity index is 1.93. The maximum absolute atomic E-state index is 12.5. The second-order valence-corrected chi connectivity index (χ2v) is 6.40. The number of hydrogen-bond acceptors (Lipinski definition) is 4. The van der Waals surface area contributed by atoms with E-state index in [4.69, 9.17) is 9.47 Å². The number of anilines is 1. The van der Waals surface area contributed by atoms with Gasteiger partial charge in [0, 0.05) is 12.2 Å². The van der Waals surface area contributed by atoms with Crippen molar-refractivity contribution in [1.82, 2.24) is 4.90 Å². The summed E-state index contributed by atoms with van der Waals surface area (Å²) in [5.74, 6) is 1.43. The van der Waals surface area contributed by atoms with Gasteiger partial charge in [0.1, 0.15) is 0 Å². The predicted molar refractivity (Wildman–Crippen MR) is 105 cm³/mol. The van der Waals surface area contributed by atoms with Crippen molar-refractivity contribution in [1.29, 1.82) is 0 Å². The van der Waals surface area contributed by atoms with E-state index in [0.29, 0.717) is 0 Å². The van der Waals surface area contributed by atoms with Crippen molar-refractivity contribution in [2.75, 3.05) is 33.1 Å². The molecule has 0 saturated carbocycles. The highest BCUT2D eigenvalue weighted by atomic mass is 16.5. The Kier molecular flexibility index (Phi) is 7.04. The number of aryl methyl sites for hydroxylation is 1. The number of rotatable bonds is 8. The fourth-order valence-electron chi connectivity index (χ4n) is 2.69. The third kappa shape index (κ3) is 4.99. The molecule has 0 unspecified atom stereocenters. The van der Waals surface area contributed by atoms with E-state index in [2.05, 4.69) is 5.32 Å². The zero-order valence-electron chi connectivity index (χ0n) is 16.2. The molecule has 0 aromatic heterocycles. The van der Waals surface area contributed by atoms with Crippen molar-refractivity contribution in [3.05, 3.63) is 53.6 Å². The molecule has 1 amide bonds. The van der Waals surface area contributed by atoms with Gasteiger partial charge in [-0.15, -0.1) is 0 Å². The number of ether oxygens (including phenoxy) is 2. The van der Waals surface area contributed by atoms with Gasteiger partial charge in [-0.05, 0) is 56.6 Å². The van der Waals surface area contributed by atoms with Gasteiger partial charge in [-0.25, -0.2) is 0 Å². The molecule has 140 valence electrons. The van der Waals surface area contributed by atoms with E-state index < -0.39 is 0 Å². The lowest BCUT2D eigenvalue weighted by atomic mass is 10.1. The average molecular weight is 356 g/mol. The van der Waals surface area contributed by atoms with Gasteiger partial charge in [-0.1, -0.05) is 24.3 Å². The lowest BCUT2D eigenvalue weighted by molar-refractivity contribution is -0.120. The molecule has 0 spiro atoms. The SMILES string of the molecule is COc1ccc(CCN(C)[C@H](C)C(=O)Nc2ccccc2C)cc1OC. The number of carbonyl (C=O) groups excluding carboxylic acids is 1. The molecule has 1 N–H and O–H groups in total. The summed E-state index contributed by atoms with van der Waals surface area (Å²) in [5, 5.41) is 3.01. The quantitative estimate of drug-likeness (QED) is 0.786. The Hall–Kier alpha value is -2.53. The third-order valence-corrected chi connectivity index (χ3v) is 4.64. The van der Waals surface area contributed by atoms with E-state index in [1.807, 2.05) is 68.3 Å². The summed E-state index contributed by atoms with van der Waals surface area (Å²) < 4.78 is 10.6. The maximum atomic E-state index is 12.5. The van der Waals surface area contributed by atoms with E-state index in [9.17, 15) is 4.79 Å². The van der Waals surface area contributed by atoms with Gasteiger partial charge >= 0.3 is 0 Å². The smallest absolute Gasteiger partial charge is 0.241 e. The molecule has 0 aliphatic carbocycles. The van der Waals surface area contributed by atoms with Crippen LogP contribution in [-0.2, 0) is 11.2 Å². The second-order valence-electron chi connectivity index (χ2n) is 6.40. The molecule has 1 atom stereocenters. The van der Waals surface area contributed by atoms with Gasteiger partial charge in [-0.2, -0.15) is 0 Å². The Morgan fingerprint density at radius 2 is 1.81 bits per heavy atom. The fourth-order valence-corrected chi connectivity index (χ4v) is 2.69. The zero-order valence-corrected chi connectivity index (χ0v) is 16.2. The minimum absolute atomic E-state index is 0.00545. The van der Waals surface area contributed by atoms with Crippen molar-refractivity contribution in [2.24, 2.45) is 0 Å². The summed E-state index contributed by atoms with van der Waals surface area (Å²) in [6, 6.07) is 13.5. The topological polar surface area (TPSA) is 50.8 Å². The molecule has 5 nitrogen and oxygen atoms in total. The fraction of sp³-hybridized carbons (Fsp3) is 0.381. The van der Waals surface area contributed by atoms with Crippen LogP contribution in [-0.4, -0.2) is 44.7 Å². The molecule has 2 rings (SSSR count). The summed E-state index contributed by atoms with van der Waals surface area (Å²) in [4.78, 5) is 14.6. The molecule has 0 heterocycles. The van der Waals surface area contributed by atoms with Crippen LogP contribution in [0.1, 0.15) is 18.1 Å². The Morgan fingerprint density at radius 1 is 1.12 bits per heavy atom. The minimum Gasteiger partial charge on any atom is -0.493 e. The van der Waals surface area contributed by atoms with Crippen molar-refractivity contribution < 1.29 is 14.3 Å². The normalized spacial score (nSPS) is 11.9. The molecule has 0 saturated heterocycles. The summed E-state index contributed by atoms with van der Waals surface area (Å²) in [6.45, 7) is 4.67. The molecular weight excluding hydrogens is 328 g/mol. The first-order chi connectivity index (χ1) is 12.5. The molecule has 2 aromatic rings. The summed E-state index contributed by atoms with van der Waals surface area (Å²) in [6.07, 6.45) is 0.818. The van der Waals surface area contributed by atoms with Crippen LogP contribution in [0.2, 0.25) is 0 Å². The van der Waals surface area contributed by atoms with Gasteiger partial charge in [0.2, 0.25) is 5.91 Å². The standard InChI is InChI=1S/C21H28N2O3/c1-15-8-6-7-9-18(15)22-21(24)16(2)23(3)13-12-17-10-11-19(25-4)20(14-17)26-5/h6-11,14,16H,12-13H2,1-5H3,(H,22,24)/t16-/m1/s1. The number of amides is 1. The summed E-state index contributed by atoms with van der Waals surface area (Å²) in [5.41, 5.74) is 3.06. The van der Waals surface area contributed by atoms with Crippen LogP contribution in [0.3, 0.4) is 0 Å². The highest BCUT2D eigenvalue weighted by Crippen LogP contribution is 2.27. The van der Waals surface area contributed by atoms with Crippen LogP contribution in [0.4, 0.5) is 5.69 Å². The number of nitrogens with zero attached hydrogens (tertiary/aromatic N) is 1. The summed E-state index contributed by atoms with van der Waals surface area (Å²) in [7, 11) is 5.22. The third-order valence-electron chi connectivity index (χ3n) is 4.64. The minimum atomic E-state index is -0.227. The molecule has 0 aliphatic heterocycles. The molecule has 26 heavy (non-hydrogen) atoms. The lowest BCUT2D eigenvalue weighted by Crippen LogP contribution is -2.40. The summed E-state index contributed by atoms with van der Waals surface area (Å²) >= 11 is 0. The van der Waals surface area contributed by atoms with Gasteiger partial charge in [-0.3, -0.25) is 9.69 Å². The van der Waals surface area contributed by atoms with Crippen LogP contribution in [0.5, 0.6) is 11.5 Å². The molecule has 5 heteroatoms. The molecular formula is C21H28N2O3. The molecule has 2 aromatic carbocycles. The van der Waals surface area contributed by atoms with E-state index in [-0.39, 0.29) is 11.9 Å². The van der Waals surface area contributed by atoms with Crippen molar-refractivity contribution in [3.63, 3.8) is 0 Å². The number of nitrogens with one attached hydrogen (secondary N) is 1. The largest absolute Gasteiger partial charge is 0.493 e. The number of carbonyl (C=O) groups is 1. The highest BCUT2D eigenvalue weighted by molar-refractivity contribution is 5.95. The van der Waals surface area contributed by atoms with Gasteiger partial charge < -0.3 is 14.8 Å². The number of likely N-dealkylation sites (N-methyl/N-ethyl adjacent to an activating group) is 1. The first-order valence-electron chi connectivity index (χ1n) is 8.74. The van der Waals surface area contributed by atoms with Crippen molar-refractivity contribution in [3.8, 4) is 11.5 Å². The number of para-hydroxylation sites is 1. The Morgan fingerprint density at radius 3 is 2.46 bits per heavy atom. The van der Waals surface area contributed by atoms with E-state index in [1.54, 1.807) is 14.2 Å². The predicted octanol–water partition coefficient (Wildman–Crippen LogP) is 3.51. The van der Waals surface area contributed by atoms with Crippen LogP contribution >= 0.6 is 0 Å². The van der Waals surface area contributed by atoms with E-state index in [0.717, 1.165) is 41.3 Å². The van der Waals surface area contributed by atoms with E-state index >= 15 is 0 Å². The van der Waals surface area contributed by atoms with Crippen molar-refractivity contribution in [2.45, 2.75) is 26.3 Å². The second kappa shape index (κ2) is 9.25. The Labute approximate surface area is 155 Å². The maximum Gasteiger partial charge on any atom is 0.241 e. The Bertz CT molecular complexity index is 746. The first kappa shape index (κ1) is 19.8. The number of methoxy groups -OCH3 is 2. The van der Waals surface area contributed by atoms with Gasteiger partial charge in [0.05, 0.1) is 20.3 Å². The monoisotopic (exact) mass is 356 g/mol. The number of hydrogen-bond donors (Lipinski definition) is 1. The van der Waals surface area contributed by atoms with Crippen LogP contribution in [0.25, 0.3) is 0 Å². The van der Waals surface area contributed by atoms with Crippen LogP contribution in [0, 0.1) is 6.92 Å². The van der Waals surface area contributed by atoms with Crippen LogP contribution in [0.15, 0.2) is 42.5 Å². The molecule has 0 bridgehead atoms. The molecule has 0 radical (unpaired) electrons. The van der Waals surface area contributed by atoms with Gasteiger partial charge in [0.15, 0.2) is 11.5 Å². The number of benzene rings is 2. The average Bonchev–Trinajstić information content (AvgIpc) is 2.66. The zero-order chi connectivity index (χ0) is 19.1. The van der Waals surface area contributed by atoms with Crippen molar-refractivity contribution >= 4 is 11.6 Å². The highest BCUT2D eigenvalue weighted by Gasteiger charge is 2.18.